The van der Waals surface area contributed by atoms with Gasteiger partial charge in [-0.1, -0.05) is 0 Å². The molecule has 2 heterocycles. The monoisotopic (exact) mass is 345 g/mol. The van der Waals surface area contributed by atoms with Gasteiger partial charge in [-0.2, -0.15) is 0 Å². The molecule has 1 unspecified atom stereocenters. The van der Waals surface area contributed by atoms with E-state index in [1.54, 1.807) is 23.3 Å². The van der Waals surface area contributed by atoms with Gasteiger partial charge in [0.15, 0.2) is 0 Å². The SMILES string of the molecule is CN1CC(NC(=O)NCc2ccsc2Br)CCC1=O. The summed E-state index contributed by atoms with van der Waals surface area (Å²) >= 11 is 5.03. The summed E-state index contributed by atoms with van der Waals surface area (Å²) in [6.07, 6.45) is 1.20. The second-order valence-corrected chi connectivity index (χ2v) is 6.79. The fourth-order valence-electron chi connectivity index (χ4n) is 1.99. The summed E-state index contributed by atoms with van der Waals surface area (Å²) in [5, 5.41) is 7.69. The largest absolute Gasteiger partial charge is 0.344 e. The Morgan fingerprint density at radius 2 is 2.42 bits per heavy atom. The zero-order valence-corrected chi connectivity index (χ0v) is 13.0. The minimum absolute atomic E-state index is 0.0358. The van der Waals surface area contributed by atoms with Crippen LogP contribution in [0.25, 0.3) is 0 Å². The molecule has 0 radical (unpaired) electrons. The summed E-state index contributed by atoms with van der Waals surface area (Å²) in [5.41, 5.74) is 1.07. The summed E-state index contributed by atoms with van der Waals surface area (Å²) in [5.74, 6) is 0.140. The quantitative estimate of drug-likeness (QED) is 0.879. The van der Waals surface area contributed by atoms with Crippen LogP contribution in [-0.4, -0.2) is 36.5 Å². The lowest BCUT2D eigenvalue weighted by atomic mass is 10.1. The Balaban J connectivity index is 1.76. The van der Waals surface area contributed by atoms with Crippen LogP contribution < -0.4 is 10.6 Å². The molecule has 1 aromatic rings. The standard InChI is InChI=1S/C12H16BrN3O2S/c1-16-7-9(2-3-10(16)17)15-12(18)14-6-8-4-5-19-11(8)13/h4-5,9H,2-3,6-7H2,1H3,(H2,14,15,18). The molecule has 0 spiro atoms. The molecule has 0 saturated carbocycles. The van der Waals surface area contributed by atoms with E-state index in [2.05, 4.69) is 26.6 Å². The molecule has 0 aromatic carbocycles. The van der Waals surface area contributed by atoms with Crippen LogP contribution in [-0.2, 0) is 11.3 Å². The molecule has 1 aliphatic rings. The van der Waals surface area contributed by atoms with Crippen molar-refractivity contribution in [1.29, 1.82) is 0 Å². The van der Waals surface area contributed by atoms with Crippen LogP contribution >= 0.6 is 27.3 Å². The lowest BCUT2D eigenvalue weighted by Gasteiger charge is -2.30. The molecule has 104 valence electrons. The summed E-state index contributed by atoms with van der Waals surface area (Å²) in [4.78, 5) is 24.8. The Labute approximate surface area is 124 Å². The summed E-state index contributed by atoms with van der Waals surface area (Å²) in [6.45, 7) is 1.08. The van der Waals surface area contributed by atoms with E-state index < -0.39 is 0 Å². The summed E-state index contributed by atoms with van der Waals surface area (Å²) in [7, 11) is 1.76. The van der Waals surface area contributed by atoms with Crippen LogP contribution in [0.3, 0.4) is 0 Å². The molecule has 0 aliphatic carbocycles. The van der Waals surface area contributed by atoms with Gasteiger partial charge >= 0.3 is 6.03 Å². The van der Waals surface area contributed by atoms with E-state index in [4.69, 9.17) is 0 Å². The number of likely N-dealkylation sites (tertiary alicyclic amines) is 1. The van der Waals surface area contributed by atoms with Gasteiger partial charge in [0.2, 0.25) is 5.91 Å². The summed E-state index contributed by atoms with van der Waals surface area (Å²) < 4.78 is 1.04. The fourth-order valence-corrected chi connectivity index (χ4v) is 3.23. The highest BCUT2D eigenvalue weighted by Crippen LogP contribution is 2.22. The van der Waals surface area contributed by atoms with Crippen LogP contribution in [0.15, 0.2) is 15.2 Å². The number of nitrogens with one attached hydrogen (secondary N) is 2. The molecule has 1 aromatic heterocycles. The van der Waals surface area contributed by atoms with Gasteiger partial charge in [0, 0.05) is 32.6 Å². The zero-order valence-electron chi connectivity index (χ0n) is 10.6. The average molecular weight is 346 g/mol. The third-order valence-electron chi connectivity index (χ3n) is 3.09. The first-order valence-electron chi connectivity index (χ1n) is 6.06. The number of hydrogen-bond acceptors (Lipinski definition) is 3. The molecule has 1 atom stereocenters. The number of piperidine rings is 1. The van der Waals surface area contributed by atoms with Crippen LogP contribution in [0.1, 0.15) is 18.4 Å². The second kappa shape index (κ2) is 6.38. The maximum atomic E-state index is 11.8. The average Bonchev–Trinajstić information content (AvgIpc) is 2.77. The number of rotatable bonds is 3. The molecule has 7 heteroatoms. The lowest BCUT2D eigenvalue weighted by molar-refractivity contribution is -0.132. The van der Waals surface area contributed by atoms with Gasteiger partial charge in [0.05, 0.1) is 3.79 Å². The van der Waals surface area contributed by atoms with E-state index in [-0.39, 0.29) is 18.0 Å². The third kappa shape index (κ3) is 3.94. The molecule has 1 aliphatic heterocycles. The van der Waals surface area contributed by atoms with Gasteiger partial charge < -0.3 is 15.5 Å². The number of carbonyl (C=O) groups is 2. The van der Waals surface area contributed by atoms with Crippen molar-refractivity contribution in [3.8, 4) is 0 Å². The highest BCUT2D eigenvalue weighted by Gasteiger charge is 2.23. The maximum Gasteiger partial charge on any atom is 0.315 e. The number of thiophene rings is 1. The van der Waals surface area contributed by atoms with Crippen molar-refractivity contribution < 1.29 is 9.59 Å². The Kier molecular flexibility index (Phi) is 4.81. The Bertz CT molecular complexity index is 477. The van der Waals surface area contributed by atoms with E-state index in [0.29, 0.717) is 25.9 Å². The molecule has 1 fully saturated rings. The van der Waals surface area contributed by atoms with Gasteiger partial charge in [-0.3, -0.25) is 4.79 Å². The van der Waals surface area contributed by atoms with E-state index in [0.717, 1.165) is 9.35 Å². The first kappa shape index (κ1) is 14.3. The van der Waals surface area contributed by atoms with Gasteiger partial charge in [-0.05, 0) is 39.4 Å². The minimum atomic E-state index is -0.189. The van der Waals surface area contributed by atoms with Gasteiger partial charge in [0.1, 0.15) is 0 Å². The second-order valence-electron chi connectivity index (χ2n) is 4.56. The molecule has 5 nitrogen and oxygen atoms in total. The number of amides is 3. The smallest absolute Gasteiger partial charge is 0.315 e. The molecule has 1 saturated heterocycles. The minimum Gasteiger partial charge on any atom is -0.344 e. The Morgan fingerprint density at radius 1 is 1.63 bits per heavy atom. The number of urea groups is 1. The van der Waals surface area contributed by atoms with E-state index in [9.17, 15) is 9.59 Å². The molecule has 2 N–H and O–H groups in total. The van der Waals surface area contributed by atoms with Crippen molar-refractivity contribution >= 4 is 39.2 Å². The topological polar surface area (TPSA) is 61.4 Å². The predicted molar refractivity (Wildman–Crippen MR) is 78.0 cm³/mol. The van der Waals surface area contributed by atoms with Crippen molar-refractivity contribution in [2.45, 2.75) is 25.4 Å². The van der Waals surface area contributed by atoms with Crippen LogP contribution in [0.2, 0.25) is 0 Å². The lowest BCUT2D eigenvalue weighted by Crippen LogP contribution is -2.50. The predicted octanol–water partition coefficient (Wildman–Crippen LogP) is 1.93. The maximum absolute atomic E-state index is 11.8. The van der Waals surface area contributed by atoms with Crippen molar-refractivity contribution in [2.75, 3.05) is 13.6 Å². The zero-order chi connectivity index (χ0) is 13.8. The van der Waals surface area contributed by atoms with Gasteiger partial charge in [-0.15, -0.1) is 11.3 Å². The normalized spacial score (nSPS) is 19.4. The molecular weight excluding hydrogens is 330 g/mol. The van der Waals surface area contributed by atoms with Crippen LogP contribution in [0.4, 0.5) is 4.79 Å². The first-order chi connectivity index (χ1) is 9.06. The van der Waals surface area contributed by atoms with Crippen molar-refractivity contribution in [2.24, 2.45) is 0 Å². The number of nitrogens with zero attached hydrogens (tertiary/aromatic N) is 1. The van der Waals surface area contributed by atoms with Crippen molar-refractivity contribution in [3.05, 3.63) is 20.8 Å². The molecule has 3 amide bonds. The number of halogens is 1. The van der Waals surface area contributed by atoms with Crippen LogP contribution in [0, 0.1) is 0 Å². The fraction of sp³-hybridized carbons (Fsp3) is 0.500. The van der Waals surface area contributed by atoms with Gasteiger partial charge in [0.25, 0.3) is 0 Å². The summed E-state index contributed by atoms with van der Waals surface area (Å²) in [6, 6.07) is 1.82. The molecular formula is C12H16BrN3O2S. The van der Waals surface area contributed by atoms with E-state index in [1.165, 1.54) is 0 Å². The third-order valence-corrected chi connectivity index (χ3v) is 4.91. The van der Waals surface area contributed by atoms with E-state index >= 15 is 0 Å². The molecule has 19 heavy (non-hydrogen) atoms. The van der Waals surface area contributed by atoms with E-state index in [1.807, 2.05) is 11.4 Å². The molecule has 0 bridgehead atoms. The highest BCUT2D eigenvalue weighted by atomic mass is 79.9. The van der Waals surface area contributed by atoms with Crippen LogP contribution in [0.5, 0.6) is 0 Å². The Hall–Kier alpha value is -1.08. The first-order valence-corrected chi connectivity index (χ1v) is 7.73. The number of carbonyl (C=O) groups excluding carboxylic acids is 2. The van der Waals surface area contributed by atoms with Gasteiger partial charge in [-0.25, -0.2) is 4.79 Å². The van der Waals surface area contributed by atoms with Crippen molar-refractivity contribution in [1.82, 2.24) is 15.5 Å². The number of likely N-dealkylation sites (N-methyl/N-ethyl adjacent to an activating group) is 1. The Morgan fingerprint density at radius 3 is 3.05 bits per heavy atom. The number of hydrogen-bond donors (Lipinski definition) is 2. The van der Waals surface area contributed by atoms with Crippen molar-refractivity contribution in [3.63, 3.8) is 0 Å². The molecule has 2 rings (SSSR count). The highest BCUT2D eigenvalue weighted by molar-refractivity contribution is 9.11.